The molecule has 19 heavy (non-hydrogen) atoms. The average molecular weight is 258 g/mol. The van der Waals surface area contributed by atoms with Crippen molar-refractivity contribution in [2.45, 2.75) is 13.0 Å². The number of pyridine rings is 1. The predicted molar refractivity (Wildman–Crippen MR) is 71.5 cm³/mol. The Labute approximate surface area is 110 Å². The molecule has 2 aromatic rings. The van der Waals surface area contributed by atoms with E-state index in [1.807, 2.05) is 30.3 Å². The van der Waals surface area contributed by atoms with E-state index < -0.39 is 12.0 Å². The first-order valence-electron chi connectivity index (χ1n) is 5.83. The third kappa shape index (κ3) is 3.70. The summed E-state index contributed by atoms with van der Waals surface area (Å²) < 4.78 is 5.53. The summed E-state index contributed by atoms with van der Waals surface area (Å²) in [5.41, 5.74) is 0.635. The highest BCUT2D eigenvalue weighted by Gasteiger charge is 2.10. The quantitative estimate of drug-likeness (QED) is 0.862. The van der Waals surface area contributed by atoms with Gasteiger partial charge in [0.05, 0.1) is 11.9 Å². The summed E-state index contributed by atoms with van der Waals surface area (Å²) in [6, 6.07) is 12.1. The lowest BCUT2D eigenvalue weighted by Gasteiger charge is -2.10. The monoisotopic (exact) mass is 258 g/mol. The lowest BCUT2D eigenvalue weighted by atomic mass is 10.3. The number of rotatable bonds is 5. The van der Waals surface area contributed by atoms with Crippen molar-refractivity contribution in [1.29, 1.82) is 0 Å². The van der Waals surface area contributed by atoms with Crippen LogP contribution in [0.25, 0.3) is 0 Å². The van der Waals surface area contributed by atoms with Crippen molar-refractivity contribution in [3.8, 4) is 11.6 Å². The number of benzene rings is 1. The van der Waals surface area contributed by atoms with Crippen LogP contribution in [0.1, 0.15) is 6.92 Å². The Morgan fingerprint density at radius 2 is 2.00 bits per heavy atom. The summed E-state index contributed by atoms with van der Waals surface area (Å²) in [5, 5.41) is 11.6. The van der Waals surface area contributed by atoms with Crippen molar-refractivity contribution in [1.82, 2.24) is 4.98 Å². The molecular formula is C14H14N2O3. The molecule has 0 fully saturated rings. The molecule has 1 atom stereocenters. The van der Waals surface area contributed by atoms with Crippen molar-refractivity contribution in [2.24, 2.45) is 0 Å². The molecule has 1 heterocycles. The predicted octanol–water partition coefficient (Wildman–Crippen LogP) is 2.76. The smallest absolute Gasteiger partial charge is 0.325 e. The fraction of sp³-hybridized carbons (Fsp3) is 0.143. The second-order valence-electron chi connectivity index (χ2n) is 4.00. The summed E-state index contributed by atoms with van der Waals surface area (Å²) in [4.78, 5) is 14.8. The lowest BCUT2D eigenvalue weighted by Crippen LogP contribution is -2.25. The van der Waals surface area contributed by atoms with Crippen molar-refractivity contribution < 1.29 is 14.6 Å². The van der Waals surface area contributed by atoms with Crippen molar-refractivity contribution in [3.05, 3.63) is 48.7 Å². The van der Waals surface area contributed by atoms with E-state index in [4.69, 9.17) is 9.84 Å². The minimum Gasteiger partial charge on any atom is -0.480 e. The summed E-state index contributed by atoms with van der Waals surface area (Å²) in [5.74, 6) is 0.249. The summed E-state index contributed by atoms with van der Waals surface area (Å²) in [7, 11) is 0. The van der Waals surface area contributed by atoms with Crippen LogP contribution in [-0.4, -0.2) is 22.1 Å². The van der Waals surface area contributed by atoms with E-state index in [-0.39, 0.29) is 0 Å². The van der Waals surface area contributed by atoms with Gasteiger partial charge in [0.1, 0.15) is 11.8 Å². The number of nitrogens with zero attached hydrogens (tertiary/aromatic N) is 1. The molecule has 0 radical (unpaired) electrons. The van der Waals surface area contributed by atoms with Crippen molar-refractivity contribution >= 4 is 11.7 Å². The Hall–Kier alpha value is -2.56. The van der Waals surface area contributed by atoms with Crippen LogP contribution < -0.4 is 10.1 Å². The van der Waals surface area contributed by atoms with Crippen LogP contribution in [0, 0.1) is 0 Å². The molecule has 1 unspecified atom stereocenters. The maximum absolute atomic E-state index is 10.7. The van der Waals surface area contributed by atoms with Gasteiger partial charge in [0.2, 0.25) is 5.88 Å². The fourth-order valence-electron chi connectivity index (χ4n) is 1.45. The summed E-state index contributed by atoms with van der Waals surface area (Å²) in [6.07, 6.45) is 1.54. The Balaban J connectivity index is 2.01. The average Bonchev–Trinajstić information content (AvgIpc) is 2.42. The number of ether oxygens (including phenoxy) is 1. The van der Waals surface area contributed by atoms with Gasteiger partial charge in [-0.05, 0) is 25.1 Å². The number of aliphatic carboxylic acids is 1. The molecule has 0 aliphatic heterocycles. The minimum absolute atomic E-state index is 0.458. The molecule has 0 amide bonds. The standard InChI is InChI=1S/C14H14N2O3/c1-10(14(17)18)16-11-7-8-13(15-9-11)19-12-5-3-2-4-6-12/h2-10,16H,1H3,(H,17,18). The number of carboxylic acid groups (broad SMARTS) is 1. The highest BCUT2D eigenvalue weighted by molar-refractivity contribution is 5.76. The molecule has 2 rings (SSSR count). The second kappa shape index (κ2) is 5.86. The molecule has 0 saturated carbocycles. The van der Waals surface area contributed by atoms with Crippen LogP contribution in [0.3, 0.4) is 0 Å². The summed E-state index contributed by atoms with van der Waals surface area (Å²) >= 11 is 0. The van der Waals surface area contributed by atoms with Gasteiger partial charge in [-0.2, -0.15) is 0 Å². The molecule has 0 bridgehead atoms. The number of hydrogen-bond donors (Lipinski definition) is 2. The van der Waals surface area contributed by atoms with Crippen LogP contribution in [0.4, 0.5) is 5.69 Å². The van der Waals surface area contributed by atoms with E-state index in [2.05, 4.69) is 10.3 Å². The van der Waals surface area contributed by atoms with E-state index in [0.29, 0.717) is 17.3 Å². The van der Waals surface area contributed by atoms with Crippen LogP contribution in [-0.2, 0) is 4.79 Å². The fourth-order valence-corrected chi connectivity index (χ4v) is 1.45. The Morgan fingerprint density at radius 3 is 2.58 bits per heavy atom. The van der Waals surface area contributed by atoms with Crippen LogP contribution in [0.15, 0.2) is 48.7 Å². The molecule has 1 aromatic carbocycles. The number of aromatic nitrogens is 1. The van der Waals surface area contributed by atoms with Crippen LogP contribution >= 0.6 is 0 Å². The normalized spacial score (nSPS) is 11.6. The number of carboxylic acids is 1. The van der Waals surface area contributed by atoms with E-state index >= 15 is 0 Å². The minimum atomic E-state index is -0.912. The first kappa shape index (κ1) is 12.9. The Morgan fingerprint density at radius 1 is 1.26 bits per heavy atom. The van der Waals surface area contributed by atoms with Gasteiger partial charge in [-0.25, -0.2) is 4.98 Å². The van der Waals surface area contributed by atoms with Gasteiger partial charge in [-0.3, -0.25) is 4.79 Å². The van der Waals surface area contributed by atoms with Gasteiger partial charge in [0.15, 0.2) is 0 Å². The SMILES string of the molecule is CC(Nc1ccc(Oc2ccccc2)nc1)C(=O)O. The van der Waals surface area contributed by atoms with Gasteiger partial charge in [-0.1, -0.05) is 18.2 Å². The van der Waals surface area contributed by atoms with Crippen LogP contribution in [0.2, 0.25) is 0 Å². The molecule has 5 nitrogen and oxygen atoms in total. The Kier molecular flexibility index (Phi) is 3.97. The summed E-state index contributed by atoms with van der Waals surface area (Å²) in [6.45, 7) is 1.57. The zero-order chi connectivity index (χ0) is 13.7. The van der Waals surface area contributed by atoms with E-state index in [9.17, 15) is 4.79 Å². The topological polar surface area (TPSA) is 71.5 Å². The molecule has 0 aliphatic carbocycles. The van der Waals surface area contributed by atoms with Gasteiger partial charge in [-0.15, -0.1) is 0 Å². The molecule has 5 heteroatoms. The van der Waals surface area contributed by atoms with Crippen molar-refractivity contribution in [2.75, 3.05) is 5.32 Å². The largest absolute Gasteiger partial charge is 0.480 e. The lowest BCUT2D eigenvalue weighted by molar-refractivity contribution is -0.137. The molecule has 0 aliphatic rings. The number of carbonyl (C=O) groups is 1. The number of anilines is 1. The number of hydrogen-bond acceptors (Lipinski definition) is 4. The van der Waals surface area contributed by atoms with Crippen molar-refractivity contribution in [3.63, 3.8) is 0 Å². The van der Waals surface area contributed by atoms with E-state index in [1.165, 1.54) is 6.20 Å². The Bertz CT molecular complexity index is 540. The zero-order valence-corrected chi connectivity index (χ0v) is 10.4. The third-order valence-electron chi connectivity index (χ3n) is 2.46. The highest BCUT2D eigenvalue weighted by atomic mass is 16.5. The molecule has 1 aromatic heterocycles. The molecule has 2 N–H and O–H groups in total. The first-order chi connectivity index (χ1) is 9.15. The molecule has 0 spiro atoms. The number of nitrogens with one attached hydrogen (secondary N) is 1. The number of para-hydroxylation sites is 1. The first-order valence-corrected chi connectivity index (χ1v) is 5.83. The van der Waals surface area contributed by atoms with E-state index in [1.54, 1.807) is 19.1 Å². The van der Waals surface area contributed by atoms with Gasteiger partial charge in [0, 0.05) is 6.07 Å². The van der Waals surface area contributed by atoms with Gasteiger partial charge in [0.25, 0.3) is 0 Å². The maximum Gasteiger partial charge on any atom is 0.325 e. The van der Waals surface area contributed by atoms with Gasteiger partial charge < -0.3 is 15.2 Å². The molecule has 0 saturated heterocycles. The van der Waals surface area contributed by atoms with Gasteiger partial charge >= 0.3 is 5.97 Å². The highest BCUT2D eigenvalue weighted by Crippen LogP contribution is 2.19. The zero-order valence-electron chi connectivity index (χ0n) is 10.4. The second-order valence-corrected chi connectivity index (χ2v) is 4.00. The van der Waals surface area contributed by atoms with Crippen LogP contribution in [0.5, 0.6) is 11.6 Å². The van der Waals surface area contributed by atoms with E-state index in [0.717, 1.165) is 0 Å². The molecular weight excluding hydrogens is 244 g/mol. The third-order valence-corrected chi connectivity index (χ3v) is 2.46. The molecule has 98 valence electrons. The maximum atomic E-state index is 10.7.